The Hall–Kier alpha value is -0.960. The van der Waals surface area contributed by atoms with Crippen LogP contribution in [0.4, 0.5) is 4.39 Å². The minimum Gasteiger partial charge on any atom is -0.241 e. The number of halogens is 1. The molecule has 0 aliphatic rings. The first-order valence-electron chi connectivity index (χ1n) is 4.76. The molecule has 0 aliphatic heterocycles. The topological polar surface area (TPSA) is 12.9 Å². The molecular formula is C11H12FNS. The Morgan fingerprint density at radius 3 is 3.00 bits per heavy atom. The fraction of sp³-hybridized carbons (Fsp3) is 0.364. The van der Waals surface area contributed by atoms with Crippen LogP contribution in [-0.2, 0) is 0 Å². The first kappa shape index (κ1) is 9.59. The van der Waals surface area contributed by atoms with Crippen molar-refractivity contribution in [3.05, 3.63) is 29.0 Å². The molecule has 0 bridgehead atoms. The van der Waals surface area contributed by atoms with Crippen LogP contribution >= 0.6 is 11.3 Å². The lowest BCUT2D eigenvalue weighted by atomic mass is 10.1. The van der Waals surface area contributed by atoms with E-state index in [-0.39, 0.29) is 5.82 Å². The van der Waals surface area contributed by atoms with E-state index in [9.17, 15) is 4.39 Å². The van der Waals surface area contributed by atoms with Gasteiger partial charge in [0.25, 0.3) is 0 Å². The molecule has 1 unspecified atom stereocenters. The van der Waals surface area contributed by atoms with Gasteiger partial charge in [-0.25, -0.2) is 9.37 Å². The second kappa shape index (κ2) is 3.65. The minimum absolute atomic E-state index is 0.183. The third-order valence-corrected chi connectivity index (χ3v) is 3.65. The summed E-state index contributed by atoms with van der Waals surface area (Å²) >= 11 is 1.59. The van der Waals surface area contributed by atoms with Crippen molar-refractivity contribution in [2.45, 2.75) is 26.2 Å². The maximum atomic E-state index is 12.9. The number of thiazole rings is 1. The van der Waals surface area contributed by atoms with Crippen molar-refractivity contribution >= 4 is 21.6 Å². The van der Waals surface area contributed by atoms with Crippen LogP contribution in [0.1, 0.15) is 31.2 Å². The molecule has 1 aromatic heterocycles. The molecule has 1 aromatic carbocycles. The largest absolute Gasteiger partial charge is 0.241 e. The monoisotopic (exact) mass is 209 g/mol. The van der Waals surface area contributed by atoms with Crippen LogP contribution in [0.5, 0.6) is 0 Å². The Kier molecular flexibility index (Phi) is 2.50. The maximum Gasteiger partial charge on any atom is 0.124 e. The van der Waals surface area contributed by atoms with Gasteiger partial charge >= 0.3 is 0 Å². The molecule has 0 spiro atoms. The summed E-state index contributed by atoms with van der Waals surface area (Å²) in [4.78, 5) is 4.48. The van der Waals surface area contributed by atoms with Gasteiger partial charge in [-0.05, 0) is 24.6 Å². The summed E-state index contributed by atoms with van der Waals surface area (Å²) in [7, 11) is 0. The van der Waals surface area contributed by atoms with E-state index < -0.39 is 0 Å². The predicted octanol–water partition coefficient (Wildman–Crippen LogP) is 3.95. The van der Waals surface area contributed by atoms with Crippen molar-refractivity contribution in [2.24, 2.45) is 0 Å². The Morgan fingerprint density at radius 1 is 1.50 bits per heavy atom. The Morgan fingerprint density at radius 2 is 2.29 bits per heavy atom. The third-order valence-electron chi connectivity index (χ3n) is 2.40. The van der Waals surface area contributed by atoms with Gasteiger partial charge < -0.3 is 0 Å². The summed E-state index contributed by atoms with van der Waals surface area (Å²) in [6, 6.07) is 4.76. The Balaban J connectivity index is 2.51. The molecule has 0 fully saturated rings. The van der Waals surface area contributed by atoms with E-state index in [1.165, 1.54) is 6.07 Å². The first-order chi connectivity index (χ1) is 6.70. The van der Waals surface area contributed by atoms with Gasteiger partial charge in [-0.15, -0.1) is 11.3 Å². The number of benzene rings is 1. The molecule has 0 N–H and O–H groups in total. The van der Waals surface area contributed by atoms with Crippen LogP contribution in [0.3, 0.4) is 0 Å². The van der Waals surface area contributed by atoms with E-state index in [1.54, 1.807) is 23.5 Å². The van der Waals surface area contributed by atoms with Crippen molar-refractivity contribution in [2.75, 3.05) is 0 Å². The molecular weight excluding hydrogens is 197 g/mol. The van der Waals surface area contributed by atoms with E-state index >= 15 is 0 Å². The summed E-state index contributed by atoms with van der Waals surface area (Å²) in [5, 5.41) is 1.10. The number of fused-ring (bicyclic) bond motifs is 1. The highest BCUT2D eigenvalue weighted by Crippen LogP contribution is 2.29. The molecule has 0 aliphatic carbocycles. The lowest BCUT2D eigenvalue weighted by Crippen LogP contribution is -1.88. The van der Waals surface area contributed by atoms with Crippen LogP contribution < -0.4 is 0 Å². The molecule has 3 heteroatoms. The number of hydrogen-bond acceptors (Lipinski definition) is 2. The molecule has 0 amide bonds. The van der Waals surface area contributed by atoms with E-state index in [1.807, 2.05) is 0 Å². The van der Waals surface area contributed by atoms with Crippen LogP contribution in [-0.4, -0.2) is 4.98 Å². The normalized spacial score (nSPS) is 13.4. The number of hydrogen-bond donors (Lipinski definition) is 0. The first-order valence-corrected chi connectivity index (χ1v) is 5.58. The van der Waals surface area contributed by atoms with Crippen LogP contribution in [0.15, 0.2) is 18.2 Å². The molecule has 2 rings (SSSR count). The maximum absolute atomic E-state index is 12.9. The highest BCUT2D eigenvalue weighted by molar-refractivity contribution is 7.18. The van der Waals surface area contributed by atoms with Gasteiger partial charge in [0.1, 0.15) is 5.82 Å². The zero-order valence-electron chi connectivity index (χ0n) is 8.25. The Bertz CT molecular complexity index is 449. The molecule has 1 heterocycles. The van der Waals surface area contributed by atoms with Crippen molar-refractivity contribution in [3.63, 3.8) is 0 Å². The quantitative estimate of drug-likeness (QED) is 0.729. The molecule has 0 saturated heterocycles. The SMILES string of the molecule is CCC(C)c1nc2ccc(F)cc2s1. The highest BCUT2D eigenvalue weighted by atomic mass is 32.1. The Labute approximate surface area is 86.6 Å². The summed E-state index contributed by atoms with van der Waals surface area (Å²) in [5.74, 6) is 0.285. The van der Waals surface area contributed by atoms with Gasteiger partial charge in [-0.3, -0.25) is 0 Å². The second-order valence-corrected chi connectivity index (χ2v) is 4.54. The van der Waals surface area contributed by atoms with Crippen molar-refractivity contribution in [3.8, 4) is 0 Å². The van der Waals surface area contributed by atoms with Crippen LogP contribution in [0, 0.1) is 5.82 Å². The lowest BCUT2D eigenvalue weighted by molar-refractivity contribution is 0.630. The fourth-order valence-corrected chi connectivity index (χ4v) is 2.43. The molecule has 1 nitrogen and oxygen atoms in total. The zero-order valence-corrected chi connectivity index (χ0v) is 9.07. The van der Waals surface area contributed by atoms with Gasteiger partial charge in [0, 0.05) is 5.92 Å². The van der Waals surface area contributed by atoms with Gasteiger partial charge in [0.15, 0.2) is 0 Å². The molecule has 0 saturated carbocycles. The van der Waals surface area contributed by atoms with Gasteiger partial charge in [0.05, 0.1) is 15.2 Å². The minimum atomic E-state index is -0.183. The van der Waals surface area contributed by atoms with Crippen LogP contribution in [0.2, 0.25) is 0 Å². The number of rotatable bonds is 2. The standard InChI is InChI=1S/C11H12FNS/c1-3-7(2)11-13-9-5-4-8(12)6-10(9)14-11/h4-7H,3H2,1-2H3. The van der Waals surface area contributed by atoms with Crippen molar-refractivity contribution in [1.82, 2.24) is 4.98 Å². The number of nitrogens with zero attached hydrogens (tertiary/aromatic N) is 1. The van der Waals surface area contributed by atoms with Crippen molar-refractivity contribution < 1.29 is 4.39 Å². The van der Waals surface area contributed by atoms with E-state index in [0.29, 0.717) is 5.92 Å². The highest BCUT2D eigenvalue weighted by Gasteiger charge is 2.09. The van der Waals surface area contributed by atoms with Gasteiger partial charge in [-0.2, -0.15) is 0 Å². The smallest absolute Gasteiger partial charge is 0.124 e. The van der Waals surface area contributed by atoms with Gasteiger partial charge in [-0.1, -0.05) is 13.8 Å². The summed E-state index contributed by atoms with van der Waals surface area (Å²) in [5.41, 5.74) is 0.909. The summed E-state index contributed by atoms with van der Waals surface area (Å²) in [6.45, 7) is 4.28. The van der Waals surface area contributed by atoms with E-state index in [2.05, 4.69) is 18.8 Å². The molecule has 2 aromatic rings. The molecule has 0 radical (unpaired) electrons. The van der Waals surface area contributed by atoms with Crippen molar-refractivity contribution in [1.29, 1.82) is 0 Å². The second-order valence-electron chi connectivity index (χ2n) is 3.47. The number of aromatic nitrogens is 1. The zero-order chi connectivity index (χ0) is 10.1. The van der Waals surface area contributed by atoms with E-state index in [0.717, 1.165) is 21.6 Å². The molecule has 14 heavy (non-hydrogen) atoms. The summed E-state index contributed by atoms with van der Waals surface area (Å²) < 4.78 is 13.9. The third kappa shape index (κ3) is 1.64. The van der Waals surface area contributed by atoms with Crippen LogP contribution in [0.25, 0.3) is 10.2 Å². The lowest BCUT2D eigenvalue weighted by Gasteiger charge is -2.00. The van der Waals surface area contributed by atoms with E-state index in [4.69, 9.17) is 0 Å². The molecule has 1 atom stereocenters. The average molecular weight is 209 g/mol. The summed E-state index contributed by atoms with van der Waals surface area (Å²) in [6.07, 6.45) is 1.07. The average Bonchev–Trinajstić information content (AvgIpc) is 2.59. The predicted molar refractivity (Wildman–Crippen MR) is 58.3 cm³/mol. The fourth-order valence-electron chi connectivity index (χ4n) is 1.30. The molecule has 74 valence electrons. The van der Waals surface area contributed by atoms with Gasteiger partial charge in [0.2, 0.25) is 0 Å².